The van der Waals surface area contributed by atoms with Crippen LogP contribution in [0, 0.1) is 5.82 Å². The first kappa shape index (κ1) is 14.3. The van der Waals surface area contributed by atoms with Crippen LogP contribution in [0.3, 0.4) is 0 Å². The van der Waals surface area contributed by atoms with E-state index in [9.17, 15) is 14.3 Å². The Morgan fingerprint density at radius 1 is 1.30 bits per heavy atom. The van der Waals surface area contributed by atoms with Crippen molar-refractivity contribution in [3.8, 4) is 0 Å². The van der Waals surface area contributed by atoms with Gasteiger partial charge in [0.15, 0.2) is 0 Å². The van der Waals surface area contributed by atoms with Crippen LogP contribution in [-0.4, -0.2) is 17.6 Å². The predicted octanol–water partition coefficient (Wildman–Crippen LogP) is 2.20. The Hall–Kier alpha value is -2.14. The first-order chi connectivity index (χ1) is 9.69. The molecule has 1 amide bonds. The molecule has 0 saturated carbocycles. The SMILES string of the molecule is O=C(CCc1ccc(F)cc1)NC(CO)c1ccco1. The zero-order valence-electron chi connectivity index (χ0n) is 10.9. The highest BCUT2D eigenvalue weighted by atomic mass is 19.1. The van der Waals surface area contributed by atoms with E-state index in [1.807, 2.05) is 0 Å². The van der Waals surface area contributed by atoms with Gasteiger partial charge in [-0.25, -0.2) is 4.39 Å². The molecule has 0 saturated heterocycles. The third-order valence-electron chi connectivity index (χ3n) is 2.96. The van der Waals surface area contributed by atoms with Crippen LogP contribution in [0.4, 0.5) is 4.39 Å². The van der Waals surface area contributed by atoms with Gasteiger partial charge in [-0.15, -0.1) is 0 Å². The fourth-order valence-electron chi connectivity index (χ4n) is 1.87. The molecule has 20 heavy (non-hydrogen) atoms. The van der Waals surface area contributed by atoms with Crippen LogP contribution in [0.5, 0.6) is 0 Å². The number of furan rings is 1. The Bertz CT molecular complexity index is 537. The van der Waals surface area contributed by atoms with Crippen LogP contribution in [0.25, 0.3) is 0 Å². The maximum Gasteiger partial charge on any atom is 0.220 e. The minimum absolute atomic E-state index is 0.190. The summed E-state index contributed by atoms with van der Waals surface area (Å²) < 4.78 is 17.9. The number of rotatable bonds is 6. The molecule has 0 aliphatic carbocycles. The highest BCUT2D eigenvalue weighted by Gasteiger charge is 2.15. The largest absolute Gasteiger partial charge is 0.467 e. The second-order valence-electron chi connectivity index (χ2n) is 4.44. The van der Waals surface area contributed by atoms with Gasteiger partial charge in [-0.1, -0.05) is 12.1 Å². The highest BCUT2D eigenvalue weighted by molar-refractivity contribution is 5.76. The van der Waals surface area contributed by atoms with E-state index >= 15 is 0 Å². The molecule has 0 bridgehead atoms. The predicted molar refractivity (Wildman–Crippen MR) is 71.4 cm³/mol. The van der Waals surface area contributed by atoms with Crippen LogP contribution in [0.15, 0.2) is 47.1 Å². The topological polar surface area (TPSA) is 62.5 Å². The van der Waals surface area contributed by atoms with E-state index in [0.717, 1.165) is 5.56 Å². The number of aliphatic hydroxyl groups is 1. The van der Waals surface area contributed by atoms with Crippen molar-refractivity contribution in [3.05, 3.63) is 59.8 Å². The molecule has 1 heterocycles. The molecule has 1 aromatic heterocycles. The monoisotopic (exact) mass is 277 g/mol. The second kappa shape index (κ2) is 6.86. The van der Waals surface area contributed by atoms with Crippen molar-refractivity contribution in [3.63, 3.8) is 0 Å². The molecule has 0 aliphatic heterocycles. The highest BCUT2D eigenvalue weighted by Crippen LogP contribution is 2.13. The number of amides is 1. The van der Waals surface area contributed by atoms with Gasteiger partial charge in [0, 0.05) is 6.42 Å². The van der Waals surface area contributed by atoms with Gasteiger partial charge in [-0.2, -0.15) is 0 Å². The number of carbonyl (C=O) groups excluding carboxylic acids is 1. The maximum atomic E-state index is 12.7. The van der Waals surface area contributed by atoms with Gasteiger partial charge in [-0.3, -0.25) is 4.79 Å². The first-order valence-corrected chi connectivity index (χ1v) is 6.37. The summed E-state index contributed by atoms with van der Waals surface area (Å²) in [6, 6.07) is 8.89. The molecule has 0 radical (unpaired) electrons. The van der Waals surface area contributed by atoms with Crippen molar-refractivity contribution < 1.29 is 18.7 Å². The lowest BCUT2D eigenvalue weighted by Crippen LogP contribution is -2.30. The number of hydrogen-bond donors (Lipinski definition) is 2. The van der Waals surface area contributed by atoms with Crippen molar-refractivity contribution in [2.24, 2.45) is 0 Å². The van der Waals surface area contributed by atoms with Crippen molar-refractivity contribution in [1.29, 1.82) is 0 Å². The number of aliphatic hydroxyl groups excluding tert-OH is 1. The molecule has 2 N–H and O–H groups in total. The number of carbonyl (C=O) groups is 1. The van der Waals surface area contributed by atoms with Crippen LogP contribution in [-0.2, 0) is 11.2 Å². The molecule has 5 heteroatoms. The van der Waals surface area contributed by atoms with Crippen molar-refractivity contribution in [2.45, 2.75) is 18.9 Å². The standard InChI is InChI=1S/C15H16FNO3/c16-12-6-3-11(4-7-12)5-8-15(19)17-13(10-18)14-2-1-9-20-14/h1-4,6-7,9,13,18H,5,8,10H2,(H,17,19). The number of nitrogens with one attached hydrogen (secondary N) is 1. The number of halogens is 1. The Kier molecular flexibility index (Phi) is 4.90. The lowest BCUT2D eigenvalue weighted by molar-refractivity contribution is -0.122. The van der Waals surface area contributed by atoms with Crippen LogP contribution < -0.4 is 5.32 Å². The van der Waals surface area contributed by atoms with E-state index in [2.05, 4.69) is 5.32 Å². The normalized spacial score (nSPS) is 12.1. The second-order valence-corrected chi connectivity index (χ2v) is 4.44. The Balaban J connectivity index is 1.84. The van der Waals surface area contributed by atoms with Crippen molar-refractivity contribution >= 4 is 5.91 Å². The van der Waals surface area contributed by atoms with E-state index < -0.39 is 6.04 Å². The fourth-order valence-corrected chi connectivity index (χ4v) is 1.87. The number of aryl methyl sites for hydroxylation is 1. The summed E-state index contributed by atoms with van der Waals surface area (Å²) in [4.78, 5) is 11.8. The van der Waals surface area contributed by atoms with Crippen LogP contribution >= 0.6 is 0 Å². The lowest BCUT2D eigenvalue weighted by Gasteiger charge is -2.13. The van der Waals surface area contributed by atoms with Gasteiger partial charge in [0.1, 0.15) is 17.6 Å². The van der Waals surface area contributed by atoms with E-state index in [4.69, 9.17) is 4.42 Å². The average molecular weight is 277 g/mol. The fraction of sp³-hybridized carbons (Fsp3) is 0.267. The summed E-state index contributed by atoms with van der Waals surface area (Å²) in [6.07, 6.45) is 2.27. The molecular weight excluding hydrogens is 261 g/mol. The van der Waals surface area contributed by atoms with E-state index in [1.165, 1.54) is 18.4 Å². The summed E-state index contributed by atoms with van der Waals surface area (Å²) in [5.41, 5.74) is 0.889. The van der Waals surface area contributed by atoms with Crippen molar-refractivity contribution in [1.82, 2.24) is 5.32 Å². The summed E-state index contributed by atoms with van der Waals surface area (Å²) in [7, 11) is 0. The summed E-state index contributed by atoms with van der Waals surface area (Å²) >= 11 is 0. The van der Waals surface area contributed by atoms with Gasteiger partial charge in [-0.05, 0) is 36.2 Å². The quantitative estimate of drug-likeness (QED) is 0.851. The third-order valence-corrected chi connectivity index (χ3v) is 2.96. The van der Waals surface area contributed by atoms with Gasteiger partial charge in [0.2, 0.25) is 5.91 Å². The molecular formula is C15H16FNO3. The Morgan fingerprint density at radius 2 is 2.05 bits per heavy atom. The zero-order valence-corrected chi connectivity index (χ0v) is 10.9. The van der Waals surface area contributed by atoms with E-state index in [-0.39, 0.29) is 24.8 Å². The molecule has 1 atom stereocenters. The molecule has 0 fully saturated rings. The van der Waals surface area contributed by atoms with Gasteiger partial charge >= 0.3 is 0 Å². The Labute approximate surface area is 116 Å². The van der Waals surface area contributed by atoms with Crippen molar-refractivity contribution in [2.75, 3.05) is 6.61 Å². The Morgan fingerprint density at radius 3 is 2.65 bits per heavy atom. The minimum Gasteiger partial charge on any atom is -0.467 e. The molecule has 0 aliphatic rings. The number of benzene rings is 1. The number of hydrogen-bond acceptors (Lipinski definition) is 3. The van der Waals surface area contributed by atoms with Crippen LogP contribution in [0.2, 0.25) is 0 Å². The van der Waals surface area contributed by atoms with Gasteiger partial charge < -0.3 is 14.8 Å². The molecule has 1 aromatic carbocycles. The zero-order chi connectivity index (χ0) is 14.4. The lowest BCUT2D eigenvalue weighted by atomic mass is 10.1. The van der Waals surface area contributed by atoms with Gasteiger partial charge in [0.05, 0.1) is 12.9 Å². The summed E-state index contributed by atoms with van der Waals surface area (Å²) in [5.74, 6) is 0.0313. The van der Waals surface area contributed by atoms with Crippen LogP contribution in [0.1, 0.15) is 23.8 Å². The smallest absolute Gasteiger partial charge is 0.220 e. The van der Waals surface area contributed by atoms with E-state index in [0.29, 0.717) is 12.2 Å². The molecule has 2 aromatic rings. The molecule has 1 unspecified atom stereocenters. The molecule has 4 nitrogen and oxygen atoms in total. The third kappa shape index (κ3) is 3.93. The van der Waals surface area contributed by atoms with E-state index in [1.54, 1.807) is 24.3 Å². The molecule has 2 rings (SSSR count). The molecule has 0 spiro atoms. The maximum absolute atomic E-state index is 12.7. The first-order valence-electron chi connectivity index (χ1n) is 6.37. The van der Waals surface area contributed by atoms with Gasteiger partial charge in [0.25, 0.3) is 0 Å². The molecule has 106 valence electrons. The average Bonchev–Trinajstić information content (AvgIpc) is 2.98. The summed E-state index contributed by atoms with van der Waals surface area (Å²) in [6.45, 7) is -0.226. The minimum atomic E-state index is -0.536. The summed E-state index contributed by atoms with van der Waals surface area (Å²) in [5, 5.41) is 11.9.